The van der Waals surface area contributed by atoms with E-state index in [9.17, 15) is 9.90 Å². The molecule has 1 unspecified atom stereocenters. The molecule has 242 valence electrons. The van der Waals surface area contributed by atoms with Crippen LogP contribution < -0.4 is 18.9 Å². The molecule has 0 aliphatic carbocycles. The maximum Gasteiger partial charge on any atom is 0.304 e. The average Bonchev–Trinajstić information content (AvgIpc) is 3.43. The Hall–Kier alpha value is -4.30. The van der Waals surface area contributed by atoms with Crippen LogP contribution in [0.1, 0.15) is 53.5 Å². The summed E-state index contributed by atoms with van der Waals surface area (Å²) < 4.78 is 39.7. The predicted molar refractivity (Wildman–Crippen MR) is 184 cm³/mol. The Morgan fingerprint density at radius 2 is 1.74 bits per heavy atom. The number of rotatable bonds is 14. The number of carboxylic acid groups (broad SMARTS) is 1. The zero-order chi connectivity index (χ0) is 32.6. The molecule has 0 bridgehead atoms. The lowest BCUT2D eigenvalue weighted by atomic mass is 9.93. The molecule has 0 radical (unpaired) electrons. The molecule has 1 N–H and O–H groups in total. The maximum atomic E-state index is 15.6. The van der Waals surface area contributed by atoms with Crippen molar-refractivity contribution in [2.45, 2.75) is 52.7 Å². The van der Waals surface area contributed by atoms with Gasteiger partial charge in [0.2, 0.25) is 0 Å². The van der Waals surface area contributed by atoms with E-state index in [2.05, 4.69) is 18.5 Å². The van der Waals surface area contributed by atoms with Crippen LogP contribution in [0, 0.1) is 19.7 Å². The first-order valence-electron chi connectivity index (χ1n) is 15.5. The van der Waals surface area contributed by atoms with E-state index in [-0.39, 0.29) is 18.9 Å². The van der Waals surface area contributed by atoms with Crippen molar-refractivity contribution in [2.75, 3.05) is 25.2 Å². The predicted octanol–water partition coefficient (Wildman–Crippen LogP) is 8.71. The van der Waals surface area contributed by atoms with Gasteiger partial charge in [0.25, 0.3) is 0 Å². The molecule has 0 saturated heterocycles. The first-order valence-corrected chi connectivity index (χ1v) is 17.3. The zero-order valence-electron chi connectivity index (χ0n) is 26.8. The van der Waals surface area contributed by atoms with Gasteiger partial charge >= 0.3 is 5.97 Å². The van der Waals surface area contributed by atoms with Crippen molar-refractivity contribution in [1.29, 1.82) is 0 Å². The van der Waals surface area contributed by atoms with Crippen LogP contribution in [0.3, 0.4) is 0 Å². The molecule has 1 aliphatic rings. The molecule has 6 nitrogen and oxygen atoms in total. The number of hydrogen-bond donors (Lipinski definition) is 1. The van der Waals surface area contributed by atoms with E-state index in [1.165, 1.54) is 6.07 Å². The van der Waals surface area contributed by atoms with Crippen molar-refractivity contribution in [1.82, 2.24) is 0 Å². The quantitative estimate of drug-likeness (QED) is 0.109. The van der Waals surface area contributed by atoms with Gasteiger partial charge in [0, 0.05) is 34.7 Å². The lowest BCUT2D eigenvalue weighted by Gasteiger charge is -2.19. The molecule has 4 aromatic carbocycles. The molecule has 1 heterocycles. The van der Waals surface area contributed by atoms with Gasteiger partial charge in [-0.1, -0.05) is 41.8 Å². The Morgan fingerprint density at radius 1 is 0.978 bits per heavy atom. The zero-order valence-corrected chi connectivity index (χ0v) is 27.6. The minimum Gasteiger partial charge on any atom is -0.494 e. The summed E-state index contributed by atoms with van der Waals surface area (Å²) in [7, 11) is 0.301. The lowest BCUT2D eigenvalue weighted by Crippen LogP contribution is -2.07. The molecule has 0 amide bonds. The number of aliphatic carboxylic acids is 1. The van der Waals surface area contributed by atoms with Gasteiger partial charge in [-0.15, -0.1) is 0 Å². The summed E-state index contributed by atoms with van der Waals surface area (Å²) >= 11 is 0. The molecular formula is C38H41FO6S. The van der Waals surface area contributed by atoms with Gasteiger partial charge in [0.15, 0.2) is 0 Å². The molecule has 0 aromatic heterocycles. The molecule has 8 heteroatoms. The fourth-order valence-corrected chi connectivity index (χ4v) is 6.48. The van der Waals surface area contributed by atoms with Crippen molar-refractivity contribution in [3.05, 3.63) is 106 Å². The number of fused-ring (bicyclic) bond motifs is 1. The standard InChI is InChI=1S/C38H41FO6S/c1-5-46(4)15-9-14-42-31-16-25(2)38(26(3)17-31)33-18-29(34(39)21-36(33)44-22-27-10-7-6-8-11-27)24-43-30-12-13-32-28(19-37(40)41)23-45-35(32)20-30/h5-8,10-13,16-18,20-21,28H,9,14-15,19,22-24H2,1-4H3,(H,40,41)/t28-,46?/m1/s1. The lowest BCUT2D eigenvalue weighted by molar-refractivity contribution is -0.137. The summed E-state index contributed by atoms with van der Waals surface area (Å²) in [5.41, 5.74) is 5.95. The SMILES string of the molecule is C/C=S(\C)CCCOc1cc(C)c(-c2cc(COc3ccc4c(c3)OC[C@H]4CC(=O)O)c(F)cc2OCc2ccccc2)c(C)c1. The number of halogens is 1. The number of hydrogen-bond acceptors (Lipinski definition) is 5. The van der Waals surface area contributed by atoms with Crippen molar-refractivity contribution in [2.24, 2.45) is 0 Å². The number of aryl methyl sites for hydroxylation is 2. The van der Waals surface area contributed by atoms with Crippen LogP contribution in [0.2, 0.25) is 0 Å². The molecule has 46 heavy (non-hydrogen) atoms. The normalized spacial score (nSPS) is 14.4. The molecular weight excluding hydrogens is 603 g/mol. The molecule has 4 aromatic rings. The summed E-state index contributed by atoms with van der Waals surface area (Å²) in [6.45, 7) is 7.43. The summed E-state index contributed by atoms with van der Waals surface area (Å²) in [5, 5.41) is 11.4. The third kappa shape index (κ3) is 8.29. The monoisotopic (exact) mass is 644 g/mol. The second-order valence-corrected chi connectivity index (χ2v) is 13.8. The number of carbonyl (C=O) groups is 1. The molecule has 0 fully saturated rings. The first kappa shape index (κ1) is 33.1. The molecule has 0 spiro atoms. The van der Waals surface area contributed by atoms with E-state index < -0.39 is 11.8 Å². The van der Waals surface area contributed by atoms with E-state index >= 15 is 4.39 Å². The van der Waals surface area contributed by atoms with Crippen LogP contribution in [0.4, 0.5) is 4.39 Å². The van der Waals surface area contributed by atoms with Crippen LogP contribution in [-0.4, -0.2) is 41.7 Å². The summed E-state index contributed by atoms with van der Waals surface area (Å²) in [6.07, 6.45) is 3.23. The fourth-order valence-electron chi connectivity index (χ4n) is 5.67. The van der Waals surface area contributed by atoms with Gasteiger partial charge in [0.05, 0.1) is 19.6 Å². The van der Waals surface area contributed by atoms with Gasteiger partial charge < -0.3 is 24.1 Å². The van der Waals surface area contributed by atoms with Crippen LogP contribution in [0.25, 0.3) is 11.1 Å². The minimum absolute atomic E-state index is 0.00317. The van der Waals surface area contributed by atoms with E-state index in [1.807, 2.05) is 68.4 Å². The molecule has 5 rings (SSSR count). The van der Waals surface area contributed by atoms with Gasteiger partial charge in [0.1, 0.15) is 42.0 Å². The summed E-state index contributed by atoms with van der Waals surface area (Å²) in [4.78, 5) is 11.2. The third-order valence-electron chi connectivity index (χ3n) is 8.12. The van der Waals surface area contributed by atoms with Crippen LogP contribution in [0.5, 0.6) is 23.0 Å². The van der Waals surface area contributed by atoms with Crippen molar-refractivity contribution in [3.8, 4) is 34.1 Å². The Morgan fingerprint density at radius 3 is 2.46 bits per heavy atom. The molecule has 1 aliphatic heterocycles. The van der Waals surface area contributed by atoms with Gasteiger partial charge in [-0.3, -0.25) is 4.79 Å². The molecule has 0 saturated carbocycles. The van der Waals surface area contributed by atoms with Gasteiger partial charge in [-0.05, 0) is 85.7 Å². The Bertz CT molecular complexity index is 1700. The second-order valence-electron chi connectivity index (χ2n) is 11.6. The molecule has 2 atom stereocenters. The van der Waals surface area contributed by atoms with E-state index in [0.29, 0.717) is 53.1 Å². The van der Waals surface area contributed by atoms with Crippen molar-refractivity contribution < 1.29 is 33.2 Å². The largest absolute Gasteiger partial charge is 0.494 e. The highest BCUT2D eigenvalue weighted by atomic mass is 32.2. The minimum atomic E-state index is -0.867. The Balaban J connectivity index is 1.40. The highest BCUT2D eigenvalue weighted by molar-refractivity contribution is 8.14. The number of carboxylic acids is 1. The van der Waals surface area contributed by atoms with Crippen molar-refractivity contribution in [3.63, 3.8) is 0 Å². The van der Waals surface area contributed by atoms with Crippen LogP contribution in [-0.2, 0) is 18.0 Å². The number of benzene rings is 4. The smallest absolute Gasteiger partial charge is 0.304 e. The highest BCUT2D eigenvalue weighted by Gasteiger charge is 2.27. The average molecular weight is 645 g/mol. The highest BCUT2D eigenvalue weighted by Crippen LogP contribution is 2.40. The number of ether oxygens (including phenoxy) is 4. The summed E-state index contributed by atoms with van der Waals surface area (Å²) in [5.74, 6) is 2.00. The summed E-state index contributed by atoms with van der Waals surface area (Å²) in [6, 6.07) is 22.4. The Labute approximate surface area is 273 Å². The second kappa shape index (κ2) is 15.3. The maximum absolute atomic E-state index is 15.6. The Kier molecular flexibility index (Phi) is 11.0. The first-order chi connectivity index (χ1) is 22.2. The van der Waals surface area contributed by atoms with Gasteiger partial charge in [-0.2, -0.15) is 10.5 Å². The van der Waals surface area contributed by atoms with Crippen LogP contribution in [0.15, 0.2) is 72.8 Å². The topological polar surface area (TPSA) is 74.2 Å². The van der Waals surface area contributed by atoms with E-state index in [4.69, 9.17) is 18.9 Å². The van der Waals surface area contributed by atoms with Crippen LogP contribution >= 0.6 is 10.5 Å². The van der Waals surface area contributed by atoms with Gasteiger partial charge in [-0.25, -0.2) is 4.39 Å². The third-order valence-corrected chi connectivity index (χ3v) is 9.86. The van der Waals surface area contributed by atoms with Crippen molar-refractivity contribution >= 4 is 21.8 Å². The fraction of sp³-hybridized carbons (Fsp3) is 0.316. The van der Waals surface area contributed by atoms with E-state index in [1.54, 1.807) is 12.1 Å². The van der Waals surface area contributed by atoms with E-state index in [0.717, 1.165) is 51.3 Å².